The van der Waals surface area contributed by atoms with E-state index in [4.69, 9.17) is 4.74 Å². The molecule has 0 radical (unpaired) electrons. The van der Waals surface area contributed by atoms with Gasteiger partial charge >= 0.3 is 0 Å². The van der Waals surface area contributed by atoms with Crippen molar-refractivity contribution < 1.29 is 4.74 Å². The molecule has 2 heterocycles. The van der Waals surface area contributed by atoms with Gasteiger partial charge in [-0.3, -0.25) is 14.6 Å². The Hall–Kier alpha value is -1.65. The first kappa shape index (κ1) is 26.6. The summed E-state index contributed by atoms with van der Waals surface area (Å²) in [6, 6.07) is 10.9. The molecule has 0 bridgehead atoms. The number of nitrogens with zero attached hydrogens (tertiary/aromatic N) is 4. The van der Waals surface area contributed by atoms with E-state index >= 15 is 0 Å². The molecule has 1 fully saturated rings. The van der Waals surface area contributed by atoms with Gasteiger partial charge in [0, 0.05) is 51.7 Å². The molecule has 1 aromatic heterocycles. The zero-order chi connectivity index (χ0) is 21.9. The molecular formula is C24H39IN6O. The Kier molecular flexibility index (Phi) is 12.0. The van der Waals surface area contributed by atoms with Gasteiger partial charge in [0.05, 0.1) is 19.8 Å². The topological polar surface area (TPSA) is 66.7 Å². The number of rotatable bonds is 10. The molecule has 178 valence electrons. The quantitative estimate of drug-likeness (QED) is 0.268. The monoisotopic (exact) mass is 554 g/mol. The Bertz CT molecular complexity index is 788. The van der Waals surface area contributed by atoms with E-state index in [9.17, 15) is 0 Å². The molecule has 1 saturated heterocycles. The summed E-state index contributed by atoms with van der Waals surface area (Å²) in [5, 5.41) is 11.4. The molecule has 3 rings (SSSR count). The first-order valence-electron chi connectivity index (χ1n) is 11.6. The van der Waals surface area contributed by atoms with Crippen LogP contribution < -0.4 is 10.6 Å². The minimum atomic E-state index is 0. The molecule has 0 aliphatic carbocycles. The van der Waals surface area contributed by atoms with Crippen LogP contribution in [0.5, 0.6) is 0 Å². The standard InChI is InChI=1S/C24H38N6O.HI/c1-4-20(5-2)23(29-13-15-31-16-14-29)18-27-24(25-3)26-17-21-9-6-7-10-22(21)19-30-12-8-11-28-30;/h6-12,20,23H,4-5,13-19H2,1-3H3,(H2,25,26,27);1H. The molecule has 0 saturated carbocycles. The van der Waals surface area contributed by atoms with E-state index in [2.05, 4.69) is 63.7 Å². The molecule has 2 aromatic rings. The van der Waals surface area contributed by atoms with Crippen LogP contribution in [0.2, 0.25) is 0 Å². The van der Waals surface area contributed by atoms with Crippen molar-refractivity contribution in [2.75, 3.05) is 39.9 Å². The van der Waals surface area contributed by atoms with Gasteiger partial charge in [-0.25, -0.2) is 0 Å². The summed E-state index contributed by atoms with van der Waals surface area (Å²) < 4.78 is 7.53. The molecule has 1 atom stereocenters. The molecule has 7 nitrogen and oxygen atoms in total. The maximum absolute atomic E-state index is 5.58. The van der Waals surface area contributed by atoms with Crippen LogP contribution in [0.1, 0.15) is 37.8 Å². The number of hydrogen-bond acceptors (Lipinski definition) is 4. The molecule has 1 unspecified atom stereocenters. The molecule has 1 aliphatic heterocycles. The van der Waals surface area contributed by atoms with Crippen LogP contribution in [0.25, 0.3) is 0 Å². The molecule has 8 heteroatoms. The summed E-state index contributed by atoms with van der Waals surface area (Å²) in [4.78, 5) is 7.05. The van der Waals surface area contributed by atoms with Crippen LogP contribution in [0.15, 0.2) is 47.7 Å². The number of nitrogens with one attached hydrogen (secondary N) is 2. The summed E-state index contributed by atoms with van der Waals surface area (Å²) in [7, 11) is 1.84. The van der Waals surface area contributed by atoms with Crippen LogP contribution in [0, 0.1) is 5.92 Å². The molecular weight excluding hydrogens is 515 g/mol. The van der Waals surface area contributed by atoms with Gasteiger partial charge in [-0.05, 0) is 23.1 Å². The van der Waals surface area contributed by atoms with E-state index in [1.165, 1.54) is 24.0 Å². The number of hydrogen-bond donors (Lipinski definition) is 2. The minimum absolute atomic E-state index is 0. The van der Waals surface area contributed by atoms with Crippen molar-refractivity contribution in [1.82, 2.24) is 25.3 Å². The van der Waals surface area contributed by atoms with Crippen LogP contribution in [0.3, 0.4) is 0 Å². The number of benzene rings is 1. The van der Waals surface area contributed by atoms with Gasteiger partial charge in [-0.1, -0.05) is 51.0 Å². The van der Waals surface area contributed by atoms with Crippen LogP contribution in [0.4, 0.5) is 0 Å². The second kappa shape index (κ2) is 14.5. The third kappa shape index (κ3) is 7.74. The van der Waals surface area contributed by atoms with Gasteiger partial charge < -0.3 is 15.4 Å². The highest BCUT2D eigenvalue weighted by atomic mass is 127. The molecule has 32 heavy (non-hydrogen) atoms. The van der Waals surface area contributed by atoms with E-state index in [1.54, 1.807) is 0 Å². The summed E-state index contributed by atoms with van der Waals surface area (Å²) >= 11 is 0. The summed E-state index contributed by atoms with van der Waals surface area (Å²) in [5.41, 5.74) is 2.52. The second-order valence-electron chi connectivity index (χ2n) is 8.07. The summed E-state index contributed by atoms with van der Waals surface area (Å²) in [6.07, 6.45) is 6.19. The first-order valence-corrected chi connectivity index (χ1v) is 11.6. The van der Waals surface area contributed by atoms with Crippen molar-refractivity contribution in [2.45, 2.75) is 45.8 Å². The Morgan fingerprint density at radius 2 is 1.81 bits per heavy atom. The lowest BCUT2D eigenvalue weighted by Gasteiger charge is -2.39. The third-order valence-corrected chi connectivity index (χ3v) is 6.27. The van der Waals surface area contributed by atoms with Crippen molar-refractivity contribution in [3.63, 3.8) is 0 Å². The van der Waals surface area contributed by atoms with Gasteiger partial charge in [0.2, 0.25) is 0 Å². The summed E-state index contributed by atoms with van der Waals surface area (Å²) in [5.74, 6) is 1.51. The Morgan fingerprint density at radius 3 is 2.44 bits per heavy atom. The van der Waals surface area contributed by atoms with Crippen molar-refractivity contribution in [3.05, 3.63) is 53.9 Å². The predicted molar refractivity (Wildman–Crippen MR) is 142 cm³/mol. The number of ether oxygens (including phenoxy) is 1. The average Bonchev–Trinajstić information content (AvgIpc) is 3.33. The number of halogens is 1. The van der Waals surface area contributed by atoms with E-state index in [0.29, 0.717) is 12.0 Å². The van der Waals surface area contributed by atoms with Crippen LogP contribution in [-0.4, -0.2) is 66.6 Å². The lowest BCUT2D eigenvalue weighted by Crippen LogP contribution is -2.53. The maximum Gasteiger partial charge on any atom is 0.191 e. The fourth-order valence-electron chi connectivity index (χ4n) is 4.39. The molecule has 1 aliphatic rings. The predicted octanol–water partition coefficient (Wildman–Crippen LogP) is 3.35. The maximum atomic E-state index is 5.58. The van der Waals surface area contributed by atoms with E-state index in [-0.39, 0.29) is 24.0 Å². The van der Waals surface area contributed by atoms with E-state index in [0.717, 1.165) is 51.9 Å². The van der Waals surface area contributed by atoms with Gasteiger partial charge in [0.25, 0.3) is 0 Å². The van der Waals surface area contributed by atoms with Crippen molar-refractivity contribution in [2.24, 2.45) is 10.9 Å². The highest BCUT2D eigenvalue weighted by Crippen LogP contribution is 2.19. The largest absolute Gasteiger partial charge is 0.379 e. The Balaban J connectivity index is 0.00000363. The van der Waals surface area contributed by atoms with Crippen molar-refractivity contribution in [3.8, 4) is 0 Å². The molecule has 0 spiro atoms. The van der Waals surface area contributed by atoms with Crippen LogP contribution in [-0.2, 0) is 17.8 Å². The fraction of sp³-hybridized carbons (Fsp3) is 0.583. The molecule has 1 aromatic carbocycles. The number of aliphatic imine (C=N–C) groups is 1. The summed E-state index contributed by atoms with van der Waals surface area (Å²) in [6.45, 7) is 10.7. The van der Waals surface area contributed by atoms with Crippen molar-refractivity contribution >= 4 is 29.9 Å². The van der Waals surface area contributed by atoms with Crippen molar-refractivity contribution in [1.29, 1.82) is 0 Å². The lowest BCUT2D eigenvalue weighted by atomic mass is 9.92. The Morgan fingerprint density at radius 1 is 1.09 bits per heavy atom. The fourth-order valence-corrected chi connectivity index (χ4v) is 4.39. The average molecular weight is 555 g/mol. The first-order chi connectivity index (χ1) is 15.2. The smallest absolute Gasteiger partial charge is 0.191 e. The second-order valence-corrected chi connectivity index (χ2v) is 8.07. The normalized spacial score (nSPS) is 15.9. The minimum Gasteiger partial charge on any atom is -0.379 e. The zero-order valence-electron chi connectivity index (χ0n) is 19.7. The highest BCUT2D eigenvalue weighted by Gasteiger charge is 2.27. The number of morpholine rings is 1. The van der Waals surface area contributed by atoms with E-state index < -0.39 is 0 Å². The van der Waals surface area contributed by atoms with Crippen LogP contribution >= 0.6 is 24.0 Å². The van der Waals surface area contributed by atoms with Gasteiger partial charge in [0.15, 0.2) is 5.96 Å². The SMILES string of the molecule is CCC(CC)C(CNC(=NC)NCc1ccccc1Cn1cccn1)N1CCOCC1.I. The van der Waals surface area contributed by atoms with E-state index in [1.807, 2.05) is 30.2 Å². The zero-order valence-corrected chi connectivity index (χ0v) is 22.0. The Labute approximate surface area is 210 Å². The number of aromatic nitrogens is 2. The highest BCUT2D eigenvalue weighted by molar-refractivity contribution is 14.0. The molecule has 0 amide bonds. The van der Waals surface area contributed by atoms with Gasteiger partial charge in [0.1, 0.15) is 0 Å². The van der Waals surface area contributed by atoms with Gasteiger partial charge in [-0.2, -0.15) is 5.10 Å². The number of guanidine groups is 1. The lowest BCUT2D eigenvalue weighted by molar-refractivity contribution is 0.00272. The third-order valence-electron chi connectivity index (χ3n) is 6.27. The molecule has 2 N–H and O–H groups in total. The van der Waals surface area contributed by atoms with Gasteiger partial charge in [-0.15, -0.1) is 24.0 Å².